The van der Waals surface area contributed by atoms with Gasteiger partial charge in [0, 0.05) is 20.1 Å². The van der Waals surface area contributed by atoms with E-state index in [9.17, 15) is 4.39 Å². The highest BCUT2D eigenvalue weighted by atomic mass is 127. The molecule has 0 saturated carbocycles. The normalized spacial score (nSPS) is 16.8. The van der Waals surface area contributed by atoms with Gasteiger partial charge in [-0.25, -0.2) is 4.39 Å². The van der Waals surface area contributed by atoms with E-state index in [4.69, 9.17) is 0 Å². The molecule has 4 nitrogen and oxygen atoms in total. The molecule has 0 aromatic heterocycles. The zero-order chi connectivity index (χ0) is 15.9. The van der Waals surface area contributed by atoms with E-state index in [1.54, 1.807) is 20.0 Å². The lowest BCUT2D eigenvalue weighted by Crippen LogP contribution is -2.42. The monoisotopic (exact) mass is 434 g/mol. The van der Waals surface area contributed by atoms with Gasteiger partial charge in [0.05, 0.1) is 0 Å². The Morgan fingerprint density at radius 3 is 2.61 bits per heavy atom. The van der Waals surface area contributed by atoms with Crippen LogP contribution in [0.25, 0.3) is 0 Å². The zero-order valence-electron chi connectivity index (χ0n) is 14.2. The quantitative estimate of drug-likeness (QED) is 0.435. The van der Waals surface area contributed by atoms with Crippen LogP contribution in [0.1, 0.15) is 24.0 Å². The molecule has 130 valence electrons. The number of piperidine rings is 1. The summed E-state index contributed by atoms with van der Waals surface area (Å²) in [5.41, 5.74) is 1.73. The maximum absolute atomic E-state index is 13.3. The van der Waals surface area contributed by atoms with Gasteiger partial charge in [-0.05, 0) is 63.0 Å². The molecular weight excluding hydrogens is 406 g/mol. The number of aryl methyl sites for hydroxylation is 1. The minimum atomic E-state index is -0.159. The van der Waals surface area contributed by atoms with Gasteiger partial charge in [0.25, 0.3) is 0 Å². The Morgan fingerprint density at radius 1 is 1.30 bits per heavy atom. The van der Waals surface area contributed by atoms with Gasteiger partial charge in [-0.1, -0.05) is 12.1 Å². The lowest BCUT2D eigenvalue weighted by molar-refractivity contribution is 0.220. The van der Waals surface area contributed by atoms with Crippen molar-refractivity contribution in [1.82, 2.24) is 15.5 Å². The molecular formula is C17H28FIN4. The molecule has 0 amide bonds. The summed E-state index contributed by atoms with van der Waals surface area (Å²) in [6.07, 6.45) is 2.47. The first-order chi connectivity index (χ1) is 10.6. The third-order valence-electron chi connectivity index (χ3n) is 4.30. The van der Waals surface area contributed by atoms with Gasteiger partial charge < -0.3 is 15.5 Å². The molecule has 1 aliphatic rings. The Labute approximate surface area is 156 Å². The minimum Gasteiger partial charge on any atom is -0.356 e. The molecule has 1 heterocycles. The first-order valence-corrected chi connectivity index (χ1v) is 7.96. The van der Waals surface area contributed by atoms with Crippen LogP contribution in [0.15, 0.2) is 23.2 Å². The molecule has 23 heavy (non-hydrogen) atoms. The molecule has 1 aromatic rings. The highest BCUT2D eigenvalue weighted by molar-refractivity contribution is 14.0. The average molecular weight is 434 g/mol. The molecule has 2 N–H and O–H groups in total. The van der Waals surface area contributed by atoms with Crippen LogP contribution in [0.5, 0.6) is 0 Å². The molecule has 1 aliphatic heterocycles. The van der Waals surface area contributed by atoms with Crippen molar-refractivity contribution in [3.63, 3.8) is 0 Å². The van der Waals surface area contributed by atoms with Crippen molar-refractivity contribution >= 4 is 29.9 Å². The number of benzene rings is 1. The van der Waals surface area contributed by atoms with Crippen LogP contribution in [0, 0.1) is 18.7 Å². The summed E-state index contributed by atoms with van der Waals surface area (Å²) >= 11 is 0. The van der Waals surface area contributed by atoms with E-state index in [0.717, 1.165) is 18.1 Å². The Bertz CT molecular complexity index is 513. The highest BCUT2D eigenvalue weighted by Gasteiger charge is 2.16. The van der Waals surface area contributed by atoms with Crippen molar-refractivity contribution < 1.29 is 4.39 Å². The smallest absolute Gasteiger partial charge is 0.191 e. The van der Waals surface area contributed by atoms with Crippen LogP contribution in [0.4, 0.5) is 4.39 Å². The average Bonchev–Trinajstić information content (AvgIpc) is 2.52. The first kappa shape index (κ1) is 20.2. The van der Waals surface area contributed by atoms with Gasteiger partial charge in [0.15, 0.2) is 5.96 Å². The van der Waals surface area contributed by atoms with E-state index in [1.807, 2.05) is 6.07 Å². The maximum atomic E-state index is 13.3. The van der Waals surface area contributed by atoms with Crippen molar-refractivity contribution in [1.29, 1.82) is 0 Å². The molecule has 0 unspecified atom stereocenters. The second kappa shape index (κ2) is 10.1. The largest absolute Gasteiger partial charge is 0.356 e. The van der Waals surface area contributed by atoms with E-state index in [1.165, 1.54) is 32.0 Å². The second-order valence-electron chi connectivity index (χ2n) is 6.14. The summed E-state index contributed by atoms with van der Waals surface area (Å²) in [5.74, 6) is 1.36. The number of nitrogens with zero attached hydrogens (tertiary/aromatic N) is 2. The standard InChI is InChI=1S/C17H27FN4.HI/c1-13-10-15(4-5-16(13)18)12-21-17(19-2)20-11-14-6-8-22(3)9-7-14;/h4-5,10,14H,6-9,11-12H2,1-3H3,(H2,19,20,21);1H. The van der Waals surface area contributed by atoms with E-state index in [-0.39, 0.29) is 29.8 Å². The molecule has 1 aromatic carbocycles. The topological polar surface area (TPSA) is 39.7 Å². The van der Waals surface area contributed by atoms with Gasteiger partial charge in [-0.2, -0.15) is 0 Å². The van der Waals surface area contributed by atoms with Crippen molar-refractivity contribution in [2.45, 2.75) is 26.3 Å². The number of guanidine groups is 1. The molecule has 1 fully saturated rings. The highest BCUT2D eigenvalue weighted by Crippen LogP contribution is 2.14. The summed E-state index contributed by atoms with van der Waals surface area (Å²) in [6.45, 7) is 5.73. The summed E-state index contributed by atoms with van der Waals surface area (Å²) in [6, 6.07) is 5.19. The first-order valence-electron chi connectivity index (χ1n) is 7.96. The van der Waals surface area contributed by atoms with Crippen LogP contribution < -0.4 is 10.6 Å². The van der Waals surface area contributed by atoms with Crippen LogP contribution in [0.3, 0.4) is 0 Å². The van der Waals surface area contributed by atoms with Gasteiger partial charge >= 0.3 is 0 Å². The fraction of sp³-hybridized carbons (Fsp3) is 0.588. The van der Waals surface area contributed by atoms with Crippen LogP contribution in [-0.4, -0.2) is 44.6 Å². The lowest BCUT2D eigenvalue weighted by Gasteiger charge is -2.29. The van der Waals surface area contributed by atoms with E-state index >= 15 is 0 Å². The number of hydrogen-bond acceptors (Lipinski definition) is 2. The molecule has 0 atom stereocenters. The fourth-order valence-corrected chi connectivity index (χ4v) is 2.73. The van der Waals surface area contributed by atoms with E-state index in [0.29, 0.717) is 18.0 Å². The molecule has 1 saturated heterocycles. The Kier molecular flexibility index (Phi) is 8.83. The number of halogens is 2. The van der Waals surface area contributed by atoms with E-state index in [2.05, 4.69) is 27.6 Å². The molecule has 0 bridgehead atoms. The predicted molar refractivity (Wildman–Crippen MR) is 105 cm³/mol. The van der Waals surface area contributed by atoms with Crippen LogP contribution in [-0.2, 0) is 6.54 Å². The summed E-state index contributed by atoms with van der Waals surface area (Å²) in [7, 11) is 3.95. The Hall–Kier alpha value is -0.890. The number of aliphatic imine (C=N–C) groups is 1. The third kappa shape index (κ3) is 6.63. The van der Waals surface area contributed by atoms with Gasteiger partial charge in [0.1, 0.15) is 5.82 Å². The minimum absolute atomic E-state index is 0. The van der Waals surface area contributed by atoms with Crippen molar-refractivity contribution in [2.75, 3.05) is 33.7 Å². The van der Waals surface area contributed by atoms with Crippen LogP contribution in [0.2, 0.25) is 0 Å². The molecule has 0 aliphatic carbocycles. The number of nitrogens with one attached hydrogen (secondary N) is 2. The Balaban J connectivity index is 0.00000264. The van der Waals surface area contributed by atoms with Crippen molar-refractivity contribution in [3.8, 4) is 0 Å². The summed E-state index contributed by atoms with van der Waals surface area (Å²) in [4.78, 5) is 6.63. The van der Waals surface area contributed by atoms with Crippen LogP contribution >= 0.6 is 24.0 Å². The Morgan fingerprint density at radius 2 is 2.00 bits per heavy atom. The number of hydrogen-bond donors (Lipinski definition) is 2. The SMILES string of the molecule is CN=C(NCc1ccc(F)c(C)c1)NCC1CCN(C)CC1.I. The number of likely N-dealkylation sites (tertiary alicyclic amines) is 1. The molecule has 2 rings (SSSR count). The summed E-state index contributed by atoms with van der Waals surface area (Å²) < 4.78 is 13.3. The predicted octanol–water partition coefficient (Wildman–Crippen LogP) is 2.76. The lowest BCUT2D eigenvalue weighted by atomic mass is 9.97. The molecule has 6 heteroatoms. The second-order valence-corrected chi connectivity index (χ2v) is 6.14. The van der Waals surface area contributed by atoms with Gasteiger partial charge in [-0.15, -0.1) is 24.0 Å². The fourth-order valence-electron chi connectivity index (χ4n) is 2.73. The van der Waals surface area contributed by atoms with Crippen molar-refractivity contribution in [2.24, 2.45) is 10.9 Å². The summed E-state index contributed by atoms with van der Waals surface area (Å²) in [5, 5.41) is 6.68. The molecule has 0 spiro atoms. The van der Waals surface area contributed by atoms with Gasteiger partial charge in [0.2, 0.25) is 0 Å². The maximum Gasteiger partial charge on any atom is 0.191 e. The third-order valence-corrected chi connectivity index (χ3v) is 4.30. The van der Waals surface area contributed by atoms with Gasteiger partial charge in [-0.3, -0.25) is 4.99 Å². The van der Waals surface area contributed by atoms with E-state index < -0.39 is 0 Å². The van der Waals surface area contributed by atoms with Crippen molar-refractivity contribution in [3.05, 3.63) is 35.1 Å². The molecule has 0 radical (unpaired) electrons. The zero-order valence-corrected chi connectivity index (χ0v) is 16.6. The number of rotatable bonds is 4.